The van der Waals surface area contributed by atoms with Gasteiger partial charge in [0.15, 0.2) is 0 Å². The van der Waals surface area contributed by atoms with E-state index in [1.807, 2.05) is 24.3 Å². The quantitative estimate of drug-likeness (QED) is 0.783. The Labute approximate surface area is 164 Å². The van der Waals surface area contributed by atoms with E-state index in [0.717, 1.165) is 39.8 Å². The number of hydrogen-bond donors (Lipinski definition) is 0. The van der Waals surface area contributed by atoms with Crippen LogP contribution in [-0.2, 0) is 10.2 Å². The molecule has 1 amide bonds. The molecule has 0 bridgehead atoms. The summed E-state index contributed by atoms with van der Waals surface area (Å²) in [4.78, 5) is 15.1. The van der Waals surface area contributed by atoms with E-state index in [1.54, 1.807) is 27.6 Å². The van der Waals surface area contributed by atoms with Gasteiger partial charge < -0.3 is 4.90 Å². The molecule has 2 aliphatic heterocycles. The normalized spacial score (nSPS) is 21.9. The summed E-state index contributed by atoms with van der Waals surface area (Å²) < 4.78 is 30.1. The first-order chi connectivity index (χ1) is 12.9. The van der Waals surface area contributed by atoms with E-state index in [2.05, 4.69) is 0 Å². The number of benzene rings is 1. The number of rotatable bonds is 4. The van der Waals surface area contributed by atoms with Crippen molar-refractivity contribution in [3.05, 3.63) is 34.7 Å². The Hall–Kier alpha value is -1.48. The number of fused-ring (bicyclic) bond motifs is 1. The van der Waals surface area contributed by atoms with Gasteiger partial charge in [-0.1, -0.05) is 18.2 Å². The van der Waals surface area contributed by atoms with Crippen molar-refractivity contribution in [1.29, 1.82) is 0 Å². The molecule has 146 valence electrons. The first-order valence-corrected chi connectivity index (χ1v) is 11.6. The van der Waals surface area contributed by atoms with E-state index in [4.69, 9.17) is 0 Å². The third kappa shape index (κ3) is 3.29. The second-order valence-electron chi connectivity index (χ2n) is 7.50. The summed E-state index contributed by atoms with van der Waals surface area (Å²) in [6, 6.07) is 8.04. The fraction of sp³-hybridized carbons (Fsp3) is 0.526. The molecular formula is C19H25N3O3S2. The molecule has 0 radical (unpaired) electrons. The van der Waals surface area contributed by atoms with Crippen LogP contribution in [-0.4, -0.2) is 68.1 Å². The van der Waals surface area contributed by atoms with Crippen LogP contribution in [0, 0.1) is 0 Å². The van der Waals surface area contributed by atoms with E-state index in [0.29, 0.717) is 26.2 Å². The lowest BCUT2D eigenvalue weighted by Gasteiger charge is -2.23. The van der Waals surface area contributed by atoms with Gasteiger partial charge in [0.1, 0.15) is 0 Å². The Morgan fingerprint density at radius 3 is 2.52 bits per heavy atom. The molecule has 3 heterocycles. The van der Waals surface area contributed by atoms with Gasteiger partial charge in [0.2, 0.25) is 0 Å². The Morgan fingerprint density at radius 2 is 1.81 bits per heavy atom. The molecule has 4 rings (SSSR count). The molecule has 2 aliphatic rings. The minimum absolute atomic E-state index is 0.00736. The molecule has 1 aromatic heterocycles. The third-order valence-electron chi connectivity index (χ3n) is 5.51. The van der Waals surface area contributed by atoms with Crippen LogP contribution < -0.4 is 0 Å². The molecule has 0 N–H and O–H groups in total. The van der Waals surface area contributed by atoms with Gasteiger partial charge in [-0.05, 0) is 36.3 Å². The molecule has 2 aromatic rings. The van der Waals surface area contributed by atoms with Gasteiger partial charge in [-0.2, -0.15) is 17.0 Å². The molecule has 0 aliphatic carbocycles. The van der Waals surface area contributed by atoms with Crippen molar-refractivity contribution in [2.75, 3.05) is 40.3 Å². The third-order valence-corrected chi connectivity index (χ3v) is 8.69. The van der Waals surface area contributed by atoms with Gasteiger partial charge in [0, 0.05) is 50.9 Å². The second kappa shape index (κ2) is 7.16. The van der Waals surface area contributed by atoms with Crippen LogP contribution in [0.25, 0.3) is 10.1 Å². The molecule has 0 unspecified atom stereocenters. The molecule has 0 spiro atoms. The van der Waals surface area contributed by atoms with E-state index < -0.39 is 10.2 Å². The minimum Gasteiger partial charge on any atom is -0.344 e. The van der Waals surface area contributed by atoms with Crippen LogP contribution in [0.4, 0.5) is 0 Å². The van der Waals surface area contributed by atoms with Crippen LogP contribution in [0.1, 0.15) is 40.4 Å². The summed E-state index contributed by atoms with van der Waals surface area (Å²) in [6.45, 7) is 2.21. The van der Waals surface area contributed by atoms with Crippen LogP contribution in [0.15, 0.2) is 24.3 Å². The Balaban J connectivity index is 1.69. The Bertz CT molecular complexity index is 962. The summed E-state index contributed by atoms with van der Waals surface area (Å²) in [5.41, 5.74) is 1.02. The van der Waals surface area contributed by atoms with E-state index in [1.165, 1.54) is 11.3 Å². The van der Waals surface area contributed by atoms with Crippen molar-refractivity contribution < 1.29 is 13.2 Å². The number of amides is 1. The summed E-state index contributed by atoms with van der Waals surface area (Å²) in [5, 5.41) is 1.08. The topological polar surface area (TPSA) is 60.9 Å². The van der Waals surface area contributed by atoms with Crippen molar-refractivity contribution in [3.63, 3.8) is 0 Å². The van der Waals surface area contributed by atoms with Crippen molar-refractivity contribution in [2.45, 2.75) is 25.2 Å². The zero-order chi connectivity index (χ0) is 19.2. The molecule has 2 saturated heterocycles. The van der Waals surface area contributed by atoms with Gasteiger partial charge >= 0.3 is 0 Å². The summed E-state index contributed by atoms with van der Waals surface area (Å²) in [5.74, 6) is 0.0458. The fourth-order valence-corrected chi connectivity index (χ4v) is 7.15. The highest BCUT2D eigenvalue weighted by molar-refractivity contribution is 7.86. The lowest BCUT2D eigenvalue weighted by Crippen LogP contribution is -2.41. The molecule has 8 heteroatoms. The Kier molecular flexibility index (Phi) is 5.00. The molecule has 27 heavy (non-hydrogen) atoms. The maximum atomic E-state index is 12.9. The molecule has 1 aromatic carbocycles. The summed E-state index contributed by atoms with van der Waals surface area (Å²) in [6.07, 6.45) is 2.63. The lowest BCUT2D eigenvalue weighted by atomic mass is 9.95. The van der Waals surface area contributed by atoms with Gasteiger partial charge in [-0.25, -0.2) is 0 Å². The summed E-state index contributed by atoms with van der Waals surface area (Å²) >= 11 is 1.51. The maximum Gasteiger partial charge on any atom is 0.281 e. The lowest BCUT2D eigenvalue weighted by molar-refractivity contribution is 0.0831. The largest absolute Gasteiger partial charge is 0.344 e. The number of carbonyl (C=O) groups excluding carboxylic acids is 1. The average Bonchev–Trinajstić information content (AvgIpc) is 3.38. The van der Waals surface area contributed by atoms with Crippen molar-refractivity contribution in [1.82, 2.24) is 13.5 Å². The van der Waals surface area contributed by atoms with E-state index in [9.17, 15) is 13.2 Å². The maximum absolute atomic E-state index is 12.9. The number of hydrogen-bond acceptors (Lipinski definition) is 4. The van der Waals surface area contributed by atoms with Crippen LogP contribution in [0.2, 0.25) is 0 Å². The smallest absolute Gasteiger partial charge is 0.281 e. The van der Waals surface area contributed by atoms with Crippen molar-refractivity contribution >= 4 is 37.5 Å². The minimum atomic E-state index is -3.39. The Morgan fingerprint density at radius 1 is 1.11 bits per heavy atom. The van der Waals surface area contributed by atoms with Crippen LogP contribution in [0.5, 0.6) is 0 Å². The molecule has 0 saturated carbocycles. The molecular weight excluding hydrogens is 382 g/mol. The van der Waals surface area contributed by atoms with E-state index in [-0.39, 0.29) is 11.8 Å². The van der Waals surface area contributed by atoms with Gasteiger partial charge in [0.05, 0.1) is 4.88 Å². The standard InChI is InChI=1S/C19H25N3O3S2/c1-20(2)19(23)18-17(15-7-3-4-8-16(15)26-18)14-9-12-22(13-14)27(24,25)21-10-5-6-11-21/h3-4,7-8,14H,5-6,9-13H2,1-2H3/t14-/m0/s1. The molecule has 1 atom stereocenters. The van der Waals surface area contributed by atoms with Crippen LogP contribution in [0.3, 0.4) is 0 Å². The summed E-state index contributed by atoms with van der Waals surface area (Å²) in [7, 11) is 0.128. The number of thiophene rings is 1. The van der Waals surface area contributed by atoms with E-state index >= 15 is 0 Å². The molecule has 2 fully saturated rings. The highest BCUT2D eigenvalue weighted by Crippen LogP contribution is 2.41. The zero-order valence-corrected chi connectivity index (χ0v) is 17.4. The molecule has 6 nitrogen and oxygen atoms in total. The first kappa shape index (κ1) is 18.9. The second-order valence-corrected chi connectivity index (χ2v) is 10.5. The van der Waals surface area contributed by atoms with Crippen molar-refractivity contribution in [2.24, 2.45) is 0 Å². The van der Waals surface area contributed by atoms with Crippen molar-refractivity contribution in [3.8, 4) is 0 Å². The predicted octanol–water partition coefficient (Wildman–Crippen LogP) is 2.73. The highest BCUT2D eigenvalue weighted by Gasteiger charge is 2.39. The fourth-order valence-electron chi connectivity index (χ4n) is 4.09. The van der Waals surface area contributed by atoms with Crippen LogP contribution >= 0.6 is 11.3 Å². The van der Waals surface area contributed by atoms with Gasteiger partial charge in [0.25, 0.3) is 16.1 Å². The zero-order valence-electron chi connectivity index (χ0n) is 15.7. The monoisotopic (exact) mass is 407 g/mol. The van der Waals surface area contributed by atoms with Gasteiger partial charge in [-0.3, -0.25) is 4.79 Å². The highest BCUT2D eigenvalue weighted by atomic mass is 32.2. The SMILES string of the molecule is CN(C)C(=O)c1sc2ccccc2c1[C@H]1CCN(S(=O)(=O)N2CCCC2)C1. The van der Waals surface area contributed by atoms with Gasteiger partial charge in [-0.15, -0.1) is 11.3 Å². The number of nitrogens with zero attached hydrogens (tertiary/aromatic N) is 3. The predicted molar refractivity (Wildman–Crippen MR) is 109 cm³/mol. The first-order valence-electron chi connectivity index (χ1n) is 9.38. The average molecular weight is 408 g/mol. The number of carbonyl (C=O) groups is 1.